The maximum absolute atomic E-state index is 2.18. The van der Waals surface area contributed by atoms with E-state index in [1.807, 2.05) is 12.5 Å². The van der Waals surface area contributed by atoms with Gasteiger partial charge in [0.15, 0.2) is 0 Å². The smallest absolute Gasteiger partial charge is 0.00258 e. The van der Waals surface area contributed by atoms with Crippen molar-refractivity contribution in [2.24, 2.45) is 0 Å². The Hall–Kier alpha value is -0.430. The van der Waals surface area contributed by atoms with Crippen LogP contribution in [0.3, 0.4) is 0 Å². The summed E-state index contributed by atoms with van der Waals surface area (Å²) in [4.78, 5) is 0. The Morgan fingerprint density at radius 3 is 1.60 bits per heavy atom. The summed E-state index contributed by atoms with van der Waals surface area (Å²) in [6, 6.07) is 0. The van der Waals surface area contributed by atoms with E-state index in [1.165, 1.54) is 17.6 Å². The minimum atomic E-state index is 1.19. The van der Waals surface area contributed by atoms with E-state index in [9.17, 15) is 0 Å². The van der Waals surface area contributed by atoms with Crippen LogP contribution in [-0.2, 0) is 0 Å². The summed E-state index contributed by atoms with van der Waals surface area (Å²) in [7, 11) is 0. The first-order chi connectivity index (χ1) is 4.86. The fourth-order valence-corrected chi connectivity index (χ4v) is 1.01. The summed E-state index contributed by atoms with van der Waals surface area (Å²) in [6.45, 7) is 0. The maximum Gasteiger partial charge on any atom is -0.00258 e. The van der Waals surface area contributed by atoms with Gasteiger partial charge >= 0.3 is 0 Å². The van der Waals surface area contributed by atoms with Crippen molar-refractivity contribution in [1.82, 2.24) is 0 Å². The van der Waals surface area contributed by atoms with Crippen molar-refractivity contribution in [3.05, 3.63) is 35.5 Å². The van der Waals surface area contributed by atoms with Gasteiger partial charge < -0.3 is 0 Å². The Morgan fingerprint density at radius 1 is 1.10 bits per heavy atom. The summed E-state index contributed by atoms with van der Waals surface area (Å²) in [5.41, 5.74) is 2.94. The van der Waals surface area contributed by atoms with Gasteiger partial charge in [-0.15, -0.1) is 0 Å². The van der Waals surface area contributed by atoms with Crippen molar-refractivity contribution < 1.29 is 0 Å². The number of fused-ring (bicyclic) bond motifs is 2. The first kappa shape index (κ1) is 7.67. The van der Waals surface area contributed by atoms with E-state index < -0.39 is 0 Å². The van der Waals surface area contributed by atoms with E-state index >= 15 is 0 Å². The maximum atomic E-state index is 2.18. The van der Waals surface area contributed by atoms with Gasteiger partial charge in [-0.05, 0) is 30.1 Å². The van der Waals surface area contributed by atoms with Crippen molar-refractivity contribution in [3.8, 4) is 0 Å². The second-order valence-corrected chi connectivity index (χ2v) is 3.22. The van der Waals surface area contributed by atoms with Gasteiger partial charge in [0.2, 0.25) is 0 Å². The van der Waals surface area contributed by atoms with Gasteiger partial charge in [0.1, 0.15) is 0 Å². The molecule has 0 saturated carbocycles. The molecule has 0 aliphatic heterocycles. The van der Waals surface area contributed by atoms with Gasteiger partial charge in [0.25, 0.3) is 0 Å². The predicted octanol–water partition coefficient (Wildman–Crippen LogP) is 2.79. The third-order valence-electron chi connectivity index (χ3n) is 1.43. The van der Waals surface area contributed by atoms with Crippen molar-refractivity contribution >= 4 is 11.8 Å². The average Bonchev–Trinajstić information content (AvgIpc) is 2.49. The summed E-state index contributed by atoms with van der Waals surface area (Å²) < 4.78 is 0. The van der Waals surface area contributed by atoms with Crippen LogP contribution in [-0.4, -0.2) is 12.5 Å². The van der Waals surface area contributed by atoms with Crippen molar-refractivity contribution in [2.45, 2.75) is 6.42 Å². The molecule has 0 aromatic rings. The largest absolute Gasteiger partial charge is 0.169 e. The lowest BCUT2D eigenvalue weighted by Gasteiger charge is -1.77. The van der Waals surface area contributed by atoms with Crippen LogP contribution in [0.25, 0.3) is 0 Å². The van der Waals surface area contributed by atoms with Crippen molar-refractivity contribution in [3.63, 3.8) is 0 Å². The molecule has 0 aromatic heterocycles. The minimum Gasteiger partial charge on any atom is -0.169 e. The summed E-state index contributed by atoms with van der Waals surface area (Å²) in [5.74, 6) is 0. The van der Waals surface area contributed by atoms with Gasteiger partial charge in [-0.3, -0.25) is 0 Å². The van der Waals surface area contributed by atoms with E-state index in [1.54, 1.807) is 11.8 Å². The highest BCUT2D eigenvalue weighted by atomic mass is 32.2. The fourth-order valence-electron chi connectivity index (χ4n) is 1.01. The average molecular weight is 152 g/mol. The van der Waals surface area contributed by atoms with Gasteiger partial charge in [0.05, 0.1) is 0 Å². The molecule has 0 unspecified atom stereocenters. The molecule has 54 valence electrons. The second kappa shape index (κ2) is 3.67. The molecule has 0 radical (unpaired) electrons. The lowest BCUT2D eigenvalue weighted by molar-refractivity contribution is 1.32. The van der Waals surface area contributed by atoms with Crippen LogP contribution < -0.4 is 0 Å². The van der Waals surface area contributed by atoms with Gasteiger partial charge in [-0.25, -0.2) is 0 Å². The molecule has 10 heavy (non-hydrogen) atoms. The van der Waals surface area contributed by atoms with E-state index in [0.29, 0.717) is 0 Å². The fraction of sp³-hybridized carbons (Fsp3) is 0.333. The SMILES string of the molecule is C1=CC2=CC=C1C2.CSC. The standard InChI is InChI=1S/C7H6.C2H6S/c1-2-7-4-3-6(1)5-7;1-3-2/h1-4H,5H2;1-2H3. The molecule has 0 amide bonds. The molecule has 2 aliphatic rings. The Balaban J connectivity index is 0.000000148. The molecule has 0 atom stereocenters. The van der Waals surface area contributed by atoms with Crippen LogP contribution in [0.2, 0.25) is 0 Å². The molecule has 0 saturated heterocycles. The van der Waals surface area contributed by atoms with Gasteiger partial charge in [0, 0.05) is 0 Å². The van der Waals surface area contributed by atoms with Crippen LogP contribution >= 0.6 is 11.8 Å². The number of hydrogen-bond acceptors (Lipinski definition) is 1. The molecule has 0 N–H and O–H groups in total. The molecular weight excluding hydrogens is 140 g/mol. The third-order valence-corrected chi connectivity index (χ3v) is 1.43. The normalized spacial score (nSPS) is 17.8. The van der Waals surface area contributed by atoms with Crippen molar-refractivity contribution in [2.75, 3.05) is 12.5 Å². The summed E-state index contributed by atoms with van der Waals surface area (Å²) in [6.07, 6.45) is 14.0. The third kappa shape index (κ3) is 1.77. The molecule has 0 aromatic carbocycles. The van der Waals surface area contributed by atoms with Crippen LogP contribution in [0, 0.1) is 0 Å². The topological polar surface area (TPSA) is 0 Å². The number of rotatable bonds is 0. The van der Waals surface area contributed by atoms with E-state index in [4.69, 9.17) is 0 Å². The van der Waals surface area contributed by atoms with Gasteiger partial charge in [-0.1, -0.05) is 24.3 Å². The molecule has 1 heteroatoms. The zero-order chi connectivity index (χ0) is 7.40. The number of thioether (sulfide) groups is 1. The Kier molecular flexibility index (Phi) is 2.82. The van der Waals surface area contributed by atoms with Crippen molar-refractivity contribution in [1.29, 1.82) is 0 Å². The minimum absolute atomic E-state index is 1.19. The highest BCUT2D eigenvalue weighted by Gasteiger charge is 2.07. The Bertz CT molecular complexity index is 177. The monoisotopic (exact) mass is 152 g/mol. The van der Waals surface area contributed by atoms with E-state index in [-0.39, 0.29) is 0 Å². The summed E-state index contributed by atoms with van der Waals surface area (Å²) >= 11 is 1.75. The molecule has 2 rings (SSSR count). The molecule has 0 spiro atoms. The van der Waals surface area contributed by atoms with E-state index in [2.05, 4.69) is 24.3 Å². The zero-order valence-corrected chi connectivity index (χ0v) is 7.24. The molecule has 0 heterocycles. The highest BCUT2D eigenvalue weighted by molar-refractivity contribution is 7.97. The van der Waals surface area contributed by atoms with Gasteiger partial charge in [-0.2, -0.15) is 11.8 Å². The first-order valence-electron chi connectivity index (χ1n) is 3.34. The zero-order valence-electron chi connectivity index (χ0n) is 6.42. The molecule has 2 aliphatic carbocycles. The van der Waals surface area contributed by atoms with E-state index in [0.717, 1.165) is 0 Å². The second-order valence-electron chi connectivity index (χ2n) is 2.40. The molecule has 0 nitrogen and oxygen atoms in total. The summed E-state index contributed by atoms with van der Waals surface area (Å²) in [5, 5.41) is 0. The number of hydrogen-bond donors (Lipinski definition) is 0. The Morgan fingerprint density at radius 2 is 1.50 bits per heavy atom. The lowest BCUT2D eigenvalue weighted by Crippen LogP contribution is -1.59. The van der Waals surface area contributed by atoms with Crippen LogP contribution in [0.5, 0.6) is 0 Å². The number of allylic oxidation sites excluding steroid dienone is 6. The predicted molar refractivity (Wildman–Crippen MR) is 49.4 cm³/mol. The molecular formula is C9H12S. The van der Waals surface area contributed by atoms with Crippen LogP contribution in [0.4, 0.5) is 0 Å². The van der Waals surface area contributed by atoms with Crippen LogP contribution in [0.1, 0.15) is 6.42 Å². The Labute approximate surface area is 66.7 Å². The highest BCUT2D eigenvalue weighted by Crippen LogP contribution is 2.27. The molecule has 2 bridgehead atoms. The van der Waals surface area contributed by atoms with Crippen LogP contribution in [0.15, 0.2) is 35.5 Å². The quantitative estimate of drug-likeness (QED) is 0.514. The first-order valence-corrected chi connectivity index (χ1v) is 4.98. The molecule has 0 fully saturated rings. The lowest BCUT2D eigenvalue weighted by atomic mass is 10.3.